The first-order chi connectivity index (χ1) is 9.83. The molecule has 2 unspecified atom stereocenters. The maximum atomic E-state index is 12.5. The van der Waals surface area contributed by atoms with E-state index in [-0.39, 0.29) is 23.9 Å². The molecule has 0 aliphatic carbocycles. The van der Waals surface area contributed by atoms with Gasteiger partial charge >= 0.3 is 0 Å². The van der Waals surface area contributed by atoms with Gasteiger partial charge in [0.25, 0.3) is 5.91 Å². The lowest BCUT2D eigenvalue weighted by atomic mass is 10.2. The average molecular weight is 280 g/mol. The summed E-state index contributed by atoms with van der Waals surface area (Å²) in [5, 5.41) is 6.38. The van der Waals surface area contributed by atoms with E-state index in [1.165, 1.54) is 6.33 Å². The van der Waals surface area contributed by atoms with Crippen molar-refractivity contribution in [2.75, 3.05) is 26.3 Å². The molecule has 2 saturated heterocycles. The molecule has 0 saturated carbocycles. The number of rotatable bonds is 5. The molecule has 2 fully saturated rings. The van der Waals surface area contributed by atoms with Crippen LogP contribution in [0.1, 0.15) is 36.3 Å². The van der Waals surface area contributed by atoms with Gasteiger partial charge in [-0.25, -0.2) is 4.98 Å². The molecule has 7 nitrogen and oxygen atoms in total. The molecular weight excluding hydrogens is 260 g/mol. The maximum absolute atomic E-state index is 12.5. The summed E-state index contributed by atoms with van der Waals surface area (Å²) < 4.78 is 11.3. The third-order valence-corrected chi connectivity index (χ3v) is 3.80. The lowest BCUT2D eigenvalue weighted by Crippen LogP contribution is -2.42. The summed E-state index contributed by atoms with van der Waals surface area (Å²) in [7, 11) is 0. The number of carbonyl (C=O) groups excluding carboxylic acids is 1. The lowest BCUT2D eigenvalue weighted by Gasteiger charge is -2.26. The molecule has 0 bridgehead atoms. The van der Waals surface area contributed by atoms with Gasteiger partial charge < -0.3 is 14.4 Å². The zero-order valence-electron chi connectivity index (χ0n) is 11.5. The van der Waals surface area contributed by atoms with E-state index >= 15 is 0 Å². The van der Waals surface area contributed by atoms with Crippen LogP contribution in [0.5, 0.6) is 0 Å². The Morgan fingerprint density at radius 3 is 2.35 bits per heavy atom. The number of hydrogen-bond acceptors (Lipinski definition) is 5. The number of aromatic nitrogens is 3. The Morgan fingerprint density at radius 1 is 1.25 bits per heavy atom. The Hall–Kier alpha value is -1.47. The SMILES string of the molecule is O=C(c1ncn[nH]1)N(CC1CCCO1)CC1CCCO1. The van der Waals surface area contributed by atoms with Crippen molar-refractivity contribution in [2.24, 2.45) is 0 Å². The van der Waals surface area contributed by atoms with Crippen molar-refractivity contribution >= 4 is 5.91 Å². The normalized spacial score (nSPS) is 26.0. The molecule has 1 amide bonds. The fourth-order valence-corrected chi connectivity index (χ4v) is 2.77. The minimum atomic E-state index is -0.131. The molecule has 3 heterocycles. The smallest absolute Gasteiger partial charge is 0.291 e. The number of amides is 1. The Bertz CT molecular complexity index is 407. The number of aromatic amines is 1. The Morgan fingerprint density at radius 2 is 1.90 bits per heavy atom. The van der Waals surface area contributed by atoms with E-state index in [9.17, 15) is 4.79 Å². The summed E-state index contributed by atoms with van der Waals surface area (Å²) in [5.74, 6) is 0.148. The third-order valence-electron chi connectivity index (χ3n) is 3.80. The van der Waals surface area contributed by atoms with E-state index in [0.29, 0.717) is 13.1 Å². The second kappa shape index (κ2) is 6.32. The Labute approximate surface area is 117 Å². The van der Waals surface area contributed by atoms with Gasteiger partial charge in [-0.2, -0.15) is 5.10 Å². The van der Waals surface area contributed by atoms with Crippen molar-refractivity contribution in [1.29, 1.82) is 0 Å². The Balaban J connectivity index is 1.66. The van der Waals surface area contributed by atoms with Gasteiger partial charge in [0.05, 0.1) is 12.2 Å². The molecule has 1 N–H and O–H groups in total. The predicted molar refractivity (Wildman–Crippen MR) is 70.2 cm³/mol. The van der Waals surface area contributed by atoms with Crippen LogP contribution in [0.25, 0.3) is 0 Å². The molecule has 0 radical (unpaired) electrons. The largest absolute Gasteiger partial charge is 0.376 e. The first-order valence-corrected chi connectivity index (χ1v) is 7.21. The van der Waals surface area contributed by atoms with Crippen LogP contribution >= 0.6 is 0 Å². The highest BCUT2D eigenvalue weighted by Gasteiger charge is 2.28. The average Bonchev–Trinajstić information content (AvgIpc) is 3.20. The van der Waals surface area contributed by atoms with Crippen molar-refractivity contribution in [3.8, 4) is 0 Å². The summed E-state index contributed by atoms with van der Waals surface area (Å²) >= 11 is 0. The minimum Gasteiger partial charge on any atom is -0.376 e. The van der Waals surface area contributed by atoms with Crippen molar-refractivity contribution in [1.82, 2.24) is 20.1 Å². The minimum absolute atomic E-state index is 0.128. The topological polar surface area (TPSA) is 80.3 Å². The van der Waals surface area contributed by atoms with E-state index < -0.39 is 0 Å². The maximum Gasteiger partial charge on any atom is 0.291 e. The van der Waals surface area contributed by atoms with Crippen LogP contribution in [0.2, 0.25) is 0 Å². The number of nitrogens with one attached hydrogen (secondary N) is 1. The van der Waals surface area contributed by atoms with E-state index in [1.807, 2.05) is 0 Å². The standard InChI is InChI=1S/C13H20N4O3/c18-13(12-14-9-15-16-12)17(7-10-3-1-5-19-10)8-11-4-2-6-20-11/h9-11H,1-8H2,(H,14,15,16). The molecule has 110 valence electrons. The number of H-pyrrole nitrogens is 1. The van der Waals surface area contributed by atoms with E-state index in [2.05, 4.69) is 15.2 Å². The zero-order valence-corrected chi connectivity index (χ0v) is 11.5. The molecular formula is C13H20N4O3. The van der Waals surface area contributed by atoms with Crippen molar-refractivity contribution in [3.05, 3.63) is 12.2 Å². The molecule has 7 heteroatoms. The van der Waals surface area contributed by atoms with Gasteiger partial charge in [-0.15, -0.1) is 0 Å². The fourth-order valence-electron chi connectivity index (χ4n) is 2.77. The fraction of sp³-hybridized carbons (Fsp3) is 0.769. The first kappa shape index (κ1) is 13.5. The molecule has 3 rings (SSSR count). The van der Waals surface area contributed by atoms with Crippen LogP contribution in [-0.2, 0) is 9.47 Å². The monoisotopic (exact) mass is 280 g/mol. The van der Waals surface area contributed by atoms with Gasteiger partial charge in [0.1, 0.15) is 6.33 Å². The molecule has 0 spiro atoms. The number of hydrogen-bond donors (Lipinski definition) is 1. The van der Waals surface area contributed by atoms with Crippen LogP contribution < -0.4 is 0 Å². The summed E-state index contributed by atoms with van der Waals surface area (Å²) in [6.45, 7) is 2.77. The van der Waals surface area contributed by atoms with Gasteiger partial charge in [0.2, 0.25) is 5.82 Å². The van der Waals surface area contributed by atoms with Gasteiger partial charge in [0, 0.05) is 26.3 Å². The van der Waals surface area contributed by atoms with Gasteiger partial charge in [-0.1, -0.05) is 0 Å². The summed E-state index contributed by atoms with van der Waals surface area (Å²) in [6, 6.07) is 0. The zero-order chi connectivity index (χ0) is 13.8. The molecule has 1 aromatic rings. The van der Waals surface area contributed by atoms with Crippen LogP contribution in [-0.4, -0.2) is 64.5 Å². The highest BCUT2D eigenvalue weighted by atomic mass is 16.5. The summed E-state index contributed by atoms with van der Waals surface area (Å²) in [6.07, 6.45) is 5.75. The van der Waals surface area contributed by atoms with Gasteiger partial charge in [0.15, 0.2) is 0 Å². The van der Waals surface area contributed by atoms with Crippen LogP contribution in [0.15, 0.2) is 6.33 Å². The van der Waals surface area contributed by atoms with Crippen molar-refractivity contribution in [3.63, 3.8) is 0 Å². The molecule has 2 aliphatic heterocycles. The third kappa shape index (κ3) is 3.16. The molecule has 20 heavy (non-hydrogen) atoms. The lowest BCUT2D eigenvalue weighted by molar-refractivity contribution is 0.0300. The Kier molecular flexibility index (Phi) is 4.27. The van der Waals surface area contributed by atoms with Crippen LogP contribution in [0, 0.1) is 0 Å². The summed E-state index contributed by atoms with van der Waals surface area (Å²) in [5.41, 5.74) is 0. The molecule has 0 aromatic carbocycles. The summed E-state index contributed by atoms with van der Waals surface area (Å²) in [4.78, 5) is 18.2. The van der Waals surface area contributed by atoms with Crippen molar-refractivity contribution < 1.29 is 14.3 Å². The highest BCUT2D eigenvalue weighted by Crippen LogP contribution is 2.18. The number of ether oxygens (including phenoxy) is 2. The van der Waals surface area contributed by atoms with E-state index in [4.69, 9.17) is 9.47 Å². The van der Waals surface area contributed by atoms with Gasteiger partial charge in [-0.05, 0) is 25.7 Å². The second-order valence-electron chi connectivity index (χ2n) is 5.31. The van der Waals surface area contributed by atoms with Gasteiger partial charge in [-0.3, -0.25) is 9.89 Å². The van der Waals surface area contributed by atoms with E-state index in [0.717, 1.165) is 38.9 Å². The van der Waals surface area contributed by atoms with E-state index in [1.54, 1.807) is 4.90 Å². The number of nitrogens with zero attached hydrogens (tertiary/aromatic N) is 3. The highest BCUT2D eigenvalue weighted by molar-refractivity contribution is 5.90. The van der Waals surface area contributed by atoms with Crippen molar-refractivity contribution in [2.45, 2.75) is 37.9 Å². The quantitative estimate of drug-likeness (QED) is 0.854. The molecule has 1 aromatic heterocycles. The second-order valence-corrected chi connectivity index (χ2v) is 5.31. The molecule has 2 aliphatic rings. The first-order valence-electron chi connectivity index (χ1n) is 7.21. The number of carbonyl (C=O) groups is 1. The van der Waals surface area contributed by atoms with Crippen LogP contribution in [0.4, 0.5) is 0 Å². The predicted octanol–water partition coefficient (Wildman–Crippen LogP) is 0.605. The molecule has 2 atom stereocenters. The van der Waals surface area contributed by atoms with Crippen LogP contribution in [0.3, 0.4) is 0 Å².